The molecule has 5 nitrogen and oxygen atoms in total. The third-order valence-electron chi connectivity index (χ3n) is 3.58. The number of urea groups is 1. The van der Waals surface area contributed by atoms with E-state index in [2.05, 4.69) is 10.6 Å². The zero-order chi connectivity index (χ0) is 17.6. The monoisotopic (exact) mass is 346 g/mol. The molecule has 2 amide bonds. The van der Waals surface area contributed by atoms with E-state index >= 15 is 0 Å². The topological polar surface area (TPSA) is 59.6 Å². The number of halogens is 3. The van der Waals surface area contributed by atoms with Crippen LogP contribution in [0.15, 0.2) is 18.2 Å². The Morgan fingerprint density at radius 1 is 1.33 bits per heavy atom. The van der Waals surface area contributed by atoms with E-state index in [-0.39, 0.29) is 11.4 Å². The fraction of sp³-hybridized carbons (Fsp3) is 0.562. The van der Waals surface area contributed by atoms with Gasteiger partial charge in [-0.3, -0.25) is 0 Å². The van der Waals surface area contributed by atoms with Crippen LogP contribution >= 0.6 is 0 Å². The van der Waals surface area contributed by atoms with E-state index in [1.165, 1.54) is 32.1 Å². The van der Waals surface area contributed by atoms with Crippen molar-refractivity contribution in [3.05, 3.63) is 23.8 Å². The van der Waals surface area contributed by atoms with Crippen LogP contribution in [-0.4, -0.2) is 32.9 Å². The zero-order valence-electron chi connectivity index (χ0n) is 13.4. The highest BCUT2D eigenvalue weighted by atomic mass is 19.4. The molecule has 2 rings (SSSR count). The number of anilines is 1. The fourth-order valence-corrected chi connectivity index (χ4v) is 2.07. The lowest BCUT2D eigenvalue weighted by Crippen LogP contribution is -2.31. The second-order valence-electron chi connectivity index (χ2n) is 5.66. The van der Waals surface area contributed by atoms with Crippen LogP contribution in [-0.2, 0) is 10.9 Å². The third-order valence-corrected chi connectivity index (χ3v) is 3.58. The number of rotatable bonds is 8. The van der Waals surface area contributed by atoms with Crippen LogP contribution in [0.4, 0.5) is 23.7 Å². The Labute approximate surface area is 138 Å². The maximum atomic E-state index is 13.0. The van der Waals surface area contributed by atoms with Crippen molar-refractivity contribution in [3.8, 4) is 5.75 Å². The van der Waals surface area contributed by atoms with E-state index in [9.17, 15) is 18.0 Å². The highest BCUT2D eigenvalue weighted by Crippen LogP contribution is 2.37. The summed E-state index contributed by atoms with van der Waals surface area (Å²) in [6.45, 7) is 1.59. The van der Waals surface area contributed by atoms with Crippen LogP contribution in [0, 0.1) is 5.92 Å². The molecule has 1 aliphatic carbocycles. The summed E-state index contributed by atoms with van der Waals surface area (Å²) in [5.74, 6) is 0.748. The minimum atomic E-state index is -4.59. The number of methoxy groups -OCH3 is 1. The van der Waals surface area contributed by atoms with Crippen LogP contribution in [0.3, 0.4) is 0 Å². The molecule has 0 radical (unpaired) electrons. The van der Waals surface area contributed by atoms with Gasteiger partial charge in [0.1, 0.15) is 5.75 Å². The predicted molar refractivity (Wildman–Crippen MR) is 83.2 cm³/mol. The first-order valence-electron chi connectivity index (χ1n) is 7.78. The van der Waals surface area contributed by atoms with Gasteiger partial charge in [-0.05, 0) is 43.4 Å². The van der Waals surface area contributed by atoms with Crippen molar-refractivity contribution in [3.63, 3.8) is 0 Å². The van der Waals surface area contributed by atoms with Crippen molar-refractivity contribution in [2.45, 2.75) is 25.4 Å². The largest absolute Gasteiger partial charge is 0.497 e. The number of carbonyl (C=O) groups is 1. The number of hydrogen-bond acceptors (Lipinski definition) is 3. The van der Waals surface area contributed by atoms with Gasteiger partial charge in [-0.2, -0.15) is 13.2 Å². The summed E-state index contributed by atoms with van der Waals surface area (Å²) in [6, 6.07) is 2.69. The van der Waals surface area contributed by atoms with Gasteiger partial charge in [0.15, 0.2) is 0 Å². The van der Waals surface area contributed by atoms with Crippen LogP contribution in [0.5, 0.6) is 5.75 Å². The summed E-state index contributed by atoms with van der Waals surface area (Å²) in [4.78, 5) is 11.7. The van der Waals surface area contributed by atoms with Gasteiger partial charge in [0.25, 0.3) is 0 Å². The van der Waals surface area contributed by atoms with Gasteiger partial charge < -0.3 is 20.1 Å². The molecule has 0 aromatic heterocycles. The predicted octanol–water partition coefficient (Wildman–Crippen LogP) is 3.65. The normalized spacial score (nSPS) is 14.3. The summed E-state index contributed by atoms with van der Waals surface area (Å²) in [5, 5.41) is 4.73. The van der Waals surface area contributed by atoms with Crippen LogP contribution in [0.1, 0.15) is 24.8 Å². The Morgan fingerprint density at radius 3 is 2.71 bits per heavy atom. The molecule has 24 heavy (non-hydrogen) atoms. The molecule has 1 saturated carbocycles. The van der Waals surface area contributed by atoms with Gasteiger partial charge in [0.05, 0.1) is 18.4 Å². The van der Waals surface area contributed by atoms with Crippen molar-refractivity contribution >= 4 is 11.7 Å². The first kappa shape index (κ1) is 18.4. The van der Waals surface area contributed by atoms with Crippen molar-refractivity contribution in [1.29, 1.82) is 0 Å². The van der Waals surface area contributed by atoms with Crippen LogP contribution in [0.2, 0.25) is 0 Å². The molecule has 1 aromatic carbocycles. The molecule has 134 valence electrons. The van der Waals surface area contributed by atoms with E-state index in [0.717, 1.165) is 12.7 Å². The lowest BCUT2D eigenvalue weighted by Gasteiger charge is -2.15. The quantitative estimate of drug-likeness (QED) is 0.707. The Morgan fingerprint density at radius 2 is 2.08 bits per heavy atom. The number of alkyl halides is 3. The maximum Gasteiger partial charge on any atom is 0.418 e. The van der Waals surface area contributed by atoms with Crippen molar-refractivity contribution in [1.82, 2.24) is 5.32 Å². The molecule has 0 atom stereocenters. The highest BCUT2D eigenvalue weighted by Gasteiger charge is 2.34. The second-order valence-corrected chi connectivity index (χ2v) is 5.66. The summed E-state index contributed by atoms with van der Waals surface area (Å²) < 4.78 is 49.3. The van der Waals surface area contributed by atoms with E-state index in [0.29, 0.717) is 25.5 Å². The minimum absolute atomic E-state index is 0.0705. The second kappa shape index (κ2) is 8.23. The molecule has 1 aromatic rings. The maximum absolute atomic E-state index is 13.0. The average Bonchev–Trinajstić information content (AvgIpc) is 3.34. The summed E-state index contributed by atoms with van der Waals surface area (Å²) in [5.41, 5.74) is -1.27. The van der Waals surface area contributed by atoms with Gasteiger partial charge >= 0.3 is 12.2 Å². The number of carbonyl (C=O) groups excluding carboxylic acids is 1. The third kappa shape index (κ3) is 5.92. The number of ether oxygens (including phenoxy) is 2. The molecule has 1 aliphatic rings. The summed E-state index contributed by atoms with van der Waals surface area (Å²) >= 11 is 0. The molecular weight excluding hydrogens is 325 g/mol. The first-order valence-corrected chi connectivity index (χ1v) is 7.78. The van der Waals surface area contributed by atoms with Gasteiger partial charge in [0, 0.05) is 19.8 Å². The van der Waals surface area contributed by atoms with Crippen molar-refractivity contribution in [2.24, 2.45) is 5.92 Å². The average molecular weight is 346 g/mol. The Kier molecular flexibility index (Phi) is 6.30. The molecule has 0 spiro atoms. The number of hydrogen-bond donors (Lipinski definition) is 2. The lowest BCUT2D eigenvalue weighted by atomic mass is 10.1. The molecule has 0 saturated heterocycles. The van der Waals surface area contributed by atoms with E-state index < -0.39 is 17.8 Å². The van der Waals surface area contributed by atoms with E-state index in [1.54, 1.807) is 0 Å². The molecule has 8 heteroatoms. The minimum Gasteiger partial charge on any atom is -0.497 e. The molecular formula is C16H21F3N2O3. The van der Waals surface area contributed by atoms with E-state index in [1.807, 2.05) is 0 Å². The molecule has 2 N–H and O–H groups in total. The van der Waals surface area contributed by atoms with Crippen molar-refractivity contribution < 1.29 is 27.4 Å². The fourth-order valence-electron chi connectivity index (χ4n) is 2.07. The van der Waals surface area contributed by atoms with Gasteiger partial charge in [-0.15, -0.1) is 0 Å². The van der Waals surface area contributed by atoms with Crippen molar-refractivity contribution in [2.75, 3.05) is 32.2 Å². The Bertz CT molecular complexity index is 560. The Balaban J connectivity index is 1.79. The molecule has 1 fully saturated rings. The van der Waals surface area contributed by atoms with Crippen LogP contribution in [0.25, 0.3) is 0 Å². The molecule has 0 heterocycles. The van der Waals surface area contributed by atoms with Gasteiger partial charge in [-0.25, -0.2) is 4.79 Å². The number of benzene rings is 1. The highest BCUT2D eigenvalue weighted by molar-refractivity contribution is 5.90. The molecule has 0 unspecified atom stereocenters. The molecule has 0 aliphatic heterocycles. The number of amides is 2. The Hall–Kier alpha value is -1.96. The van der Waals surface area contributed by atoms with Gasteiger partial charge in [0.2, 0.25) is 0 Å². The lowest BCUT2D eigenvalue weighted by molar-refractivity contribution is -0.137. The number of nitrogens with one attached hydrogen (secondary N) is 2. The summed E-state index contributed by atoms with van der Waals surface area (Å²) in [6.07, 6.45) is -1.56. The standard InChI is InChI=1S/C16H21F3N2O3/c1-23-12-5-6-14(13(9-12)16(17,18)19)21-15(22)20-7-2-8-24-10-11-3-4-11/h5-6,9,11H,2-4,7-8,10H2,1H3,(H2,20,21,22). The SMILES string of the molecule is COc1ccc(NC(=O)NCCCOCC2CC2)c(C(F)(F)F)c1. The van der Waals surface area contributed by atoms with E-state index in [4.69, 9.17) is 9.47 Å². The first-order chi connectivity index (χ1) is 11.4. The van der Waals surface area contributed by atoms with Crippen LogP contribution < -0.4 is 15.4 Å². The van der Waals surface area contributed by atoms with Gasteiger partial charge in [-0.1, -0.05) is 0 Å². The zero-order valence-corrected chi connectivity index (χ0v) is 13.4. The smallest absolute Gasteiger partial charge is 0.418 e. The molecule has 0 bridgehead atoms. The summed E-state index contributed by atoms with van der Waals surface area (Å²) in [7, 11) is 1.28.